The number of carbonyl (C=O) groups excluding carboxylic acids is 1. The third-order valence-corrected chi connectivity index (χ3v) is 3.26. The minimum Gasteiger partial charge on any atom is -0.336 e. The van der Waals surface area contributed by atoms with Gasteiger partial charge in [-0.25, -0.2) is 0 Å². The lowest BCUT2D eigenvalue weighted by atomic mass is 10.1. The summed E-state index contributed by atoms with van der Waals surface area (Å²) in [6.07, 6.45) is 2.19. The molecule has 0 aromatic heterocycles. The monoisotopic (exact) mass is 242 g/mol. The molecule has 2 N–H and O–H groups in total. The van der Waals surface area contributed by atoms with Crippen molar-refractivity contribution >= 4 is 5.91 Å². The summed E-state index contributed by atoms with van der Waals surface area (Å²) in [7, 11) is 0. The van der Waals surface area contributed by atoms with Crippen LogP contribution in [-0.4, -0.2) is 29.9 Å². The SMILES string of the molecule is CC1CCCN1C(=O)c1cccc(C#CCN)c1. The molecule has 0 radical (unpaired) electrons. The lowest BCUT2D eigenvalue weighted by Gasteiger charge is -2.21. The van der Waals surface area contributed by atoms with E-state index in [1.54, 1.807) is 0 Å². The molecule has 18 heavy (non-hydrogen) atoms. The smallest absolute Gasteiger partial charge is 0.254 e. The number of likely N-dealkylation sites (tertiary alicyclic amines) is 1. The highest BCUT2D eigenvalue weighted by molar-refractivity contribution is 5.95. The zero-order valence-corrected chi connectivity index (χ0v) is 10.6. The maximum absolute atomic E-state index is 12.3. The van der Waals surface area contributed by atoms with Crippen molar-refractivity contribution in [1.82, 2.24) is 4.90 Å². The van der Waals surface area contributed by atoms with E-state index in [1.807, 2.05) is 29.2 Å². The number of nitrogens with two attached hydrogens (primary N) is 1. The number of nitrogens with zero attached hydrogens (tertiary/aromatic N) is 1. The molecule has 3 heteroatoms. The standard InChI is InChI=1S/C15H18N2O/c1-12-5-4-10-17(12)15(18)14-8-2-6-13(11-14)7-3-9-16/h2,6,8,11-12H,4-5,9-10,16H2,1H3. The van der Waals surface area contributed by atoms with Gasteiger partial charge in [0.2, 0.25) is 0 Å². The van der Waals surface area contributed by atoms with Crippen LogP contribution in [0.3, 0.4) is 0 Å². The van der Waals surface area contributed by atoms with E-state index in [2.05, 4.69) is 18.8 Å². The molecule has 1 aliphatic rings. The number of hydrogen-bond acceptors (Lipinski definition) is 2. The van der Waals surface area contributed by atoms with E-state index in [1.165, 1.54) is 0 Å². The second-order valence-electron chi connectivity index (χ2n) is 4.58. The molecule has 1 saturated heterocycles. The van der Waals surface area contributed by atoms with Crippen LogP contribution in [-0.2, 0) is 0 Å². The van der Waals surface area contributed by atoms with Gasteiger partial charge in [-0.1, -0.05) is 17.9 Å². The molecule has 1 amide bonds. The molecule has 1 atom stereocenters. The third kappa shape index (κ3) is 2.72. The third-order valence-electron chi connectivity index (χ3n) is 3.26. The Bertz CT molecular complexity index is 499. The van der Waals surface area contributed by atoms with Gasteiger partial charge in [-0.2, -0.15) is 0 Å². The second-order valence-corrected chi connectivity index (χ2v) is 4.58. The van der Waals surface area contributed by atoms with Crippen LogP contribution in [0.1, 0.15) is 35.7 Å². The van der Waals surface area contributed by atoms with E-state index in [9.17, 15) is 4.79 Å². The fraction of sp³-hybridized carbons (Fsp3) is 0.400. The van der Waals surface area contributed by atoms with Gasteiger partial charge in [0.1, 0.15) is 0 Å². The van der Waals surface area contributed by atoms with Crippen molar-refractivity contribution in [3.05, 3.63) is 35.4 Å². The topological polar surface area (TPSA) is 46.3 Å². The minimum absolute atomic E-state index is 0.108. The fourth-order valence-electron chi connectivity index (χ4n) is 2.28. The molecule has 1 aliphatic heterocycles. The van der Waals surface area contributed by atoms with Crippen LogP contribution in [0.25, 0.3) is 0 Å². The Balaban J connectivity index is 2.20. The summed E-state index contributed by atoms with van der Waals surface area (Å²) >= 11 is 0. The maximum Gasteiger partial charge on any atom is 0.254 e. The van der Waals surface area contributed by atoms with Gasteiger partial charge in [-0.15, -0.1) is 0 Å². The Hall–Kier alpha value is -1.79. The number of hydrogen-bond donors (Lipinski definition) is 1. The van der Waals surface area contributed by atoms with E-state index in [-0.39, 0.29) is 5.91 Å². The number of amides is 1. The predicted molar refractivity (Wildman–Crippen MR) is 72.1 cm³/mol. The van der Waals surface area contributed by atoms with Gasteiger partial charge in [0.25, 0.3) is 5.91 Å². The molecular weight excluding hydrogens is 224 g/mol. The van der Waals surface area contributed by atoms with Crippen molar-refractivity contribution in [2.24, 2.45) is 5.73 Å². The van der Waals surface area contributed by atoms with E-state index >= 15 is 0 Å². The Morgan fingerprint density at radius 2 is 2.39 bits per heavy atom. The van der Waals surface area contributed by atoms with Gasteiger partial charge >= 0.3 is 0 Å². The highest BCUT2D eigenvalue weighted by Crippen LogP contribution is 2.19. The molecule has 1 fully saturated rings. The average molecular weight is 242 g/mol. The Morgan fingerprint density at radius 1 is 1.56 bits per heavy atom. The average Bonchev–Trinajstić information content (AvgIpc) is 2.82. The zero-order chi connectivity index (χ0) is 13.0. The van der Waals surface area contributed by atoms with Crippen molar-refractivity contribution in [3.63, 3.8) is 0 Å². The van der Waals surface area contributed by atoms with Crippen molar-refractivity contribution in [2.45, 2.75) is 25.8 Å². The Morgan fingerprint density at radius 3 is 3.06 bits per heavy atom. The summed E-state index contributed by atoms with van der Waals surface area (Å²) < 4.78 is 0. The summed E-state index contributed by atoms with van der Waals surface area (Å²) in [5.74, 6) is 5.87. The first-order chi connectivity index (χ1) is 8.72. The van der Waals surface area contributed by atoms with Crippen molar-refractivity contribution in [3.8, 4) is 11.8 Å². The van der Waals surface area contributed by atoms with E-state index in [0.29, 0.717) is 18.2 Å². The summed E-state index contributed by atoms with van der Waals surface area (Å²) in [4.78, 5) is 14.3. The molecule has 2 rings (SSSR count). The molecule has 0 bridgehead atoms. The van der Waals surface area contributed by atoms with Crippen LogP contribution in [0.4, 0.5) is 0 Å². The van der Waals surface area contributed by atoms with E-state index < -0.39 is 0 Å². The normalized spacial score (nSPS) is 18.3. The van der Waals surface area contributed by atoms with Crippen molar-refractivity contribution in [1.29, 1.82) is 0 Å². The summed E-state index contributed by atoms with van der Waals surface area (Å²) in [5.41, 5.74) is 6.90. The minimum atomic E-state index is 0.108. The maximum atomic E-state index is 12.3. The molecule has 1 aromatic carbocycles. The Labute approximate surface area is 108 Å². The molecular formula is C15H18N2O. The van der Waals surface area contributed by atoms with Gasteiger partial charge in [0.05, 0.1) is 6.54 Å². The van der Waals surface area contributed by atoms with Crippen LogP contribution in [0.2, 0.25) is 0 Å². The molecule has 1 heterocycles. The first kappa shape index (κ1) is 12.7. The molecule has 0 spiro atoms. The largest absolute Gasteiger partial charge is 0.336 e. The zero-order valence-electron chi connectivity index (χ0n) is 10.6. The lowest BCUT2D eigenvalue weighted by Crippen LogP contribution is -2.33. The van der Waals surface area contributed by atoms with Crippen LogP contribution in [0.15, 0.2) is 24.3 Å². The molecule has 1 aromatic rings. The number of benzene rings is 1. The summed E-state index contributed by atoms with van der Waals surface area (Å²) in [6.45, 7) is 3.29. The van der Waals surface area contributed by atoms with Gasteiger partial charge < -0.3 is 10.6 Å². The first-order valence-electron chi connectivity index (χ1n) is 6.32. The summed E-state index contributed by atoms with van der Waals surface area (Å²) in [5, 5.41) is 0. The van der Waals surface area contributed by atoms with E-state index in [0.717, 1.165) is 24.9 Å². The molecule has 0 saturated carbocycles. The van der Waals surface area contributed by atoms with Gasteiger partial charge in [-0.05, 0) is 38.0 Å². The molecule has 1 unspecified atom stereocenters. The Kier molecular flexibility index (Phi) is 4.01. The molecule has 0 aliphatic carbocycles. The van der Waals surface area contributed by atoms with Crippen LogP contribution >= 0.6 is 0 Å². The van der Waals surface area contributed by atoms with E-state index in [4.69, 9.17) is 5.73 Å². The van der Waals surface area contributed by atoms with Crippen molar-refractivity contribution in [2.75, 3.05) is 13.1 Å². The summed E-state index contributed by atoms with van der Waals surface area (Å²) in [6, 6.07) is 7.80. The number of rotatable bonds is 1. The first-order valence-corrected chi connectivity index (χ1v) is 6.32. The quantitative estimate of drug-likeness (QED) is 0.761. The van der Waals surface area contributed by atoms with Crippen LogP contribution in [0, 0.1) is 11.8 Å². The lowest BCUT2D eigenvalue weighted by molar-refractivity contribution is 0.0747. The van der Waals surface area contributed by atoms with Crippen molar-refractivity contribution < 1.29 is 4.79 Å². The highest BCUT2D eigenvalue weighted by atomic mass is 16.2. The number of carbonyl (C=O) groups is 1. The second kappa shape index (κ2) is 5.70. The van der Waals surface area contributed by atoms with Crippen LogP contribution < -0.4 is 5.73 Å². The molecule has 94 valence electrons. The fourth-order valence-corrected chi connectivity index (χ4v) is 2.28. The highest BCUT2D eigenvalue weighted by Gasteiger charge is 2.25. The van der Waals surface area contributed by atoms with Gasteiger partial charge in [-0.3, -0.25) is 4.79 Å². The van der Waals surface area contributed by atoms with Crippen LogP contribution in [0.5, 0.6) is 0 Å². The molecule has 3 nitrogen and oxygen atoms in total. The van der Waals surface area contributed by atoms with Gasteiger partial charge in [0.15, 0.2) is 0 Å². The predicted octanol–water partition coefficient (Wildman–Crippen LogP) is 1.62. The van der Waals surface area contributed by atoms with Gasteiger partial charge in [0, 0.05) is 23.7 Å².